The van der Waals surface area contributed by atoms with Crippen molar-refractivity contribution in [2.24, 2.45) is 0 Å². The molecule has 1 atom stereocenters. The van der Waals surface area contributed by atoms with Gasteiger partial charge in [-0.15, -0.1) is 0 Å². The van der Waals surface area contributed by atoms with E-state index in [0.29, 0.717) is 11.8 Å². The molecular weight excluding hydrogens is 316 g/mol. The third-order valence-corrected chi connectivity index (χ3v) is 4.49. The number of anilines is 1. The van der Waals surface area contributed by atoms with Crippen LogP contribution in [0.2, 0.25) is 0 Å². The van der Waals surface area contributed by atoms with Crippen LogP contribution in [0.5, 0.6) is 5.75 Å². The van der Waals surface area contributed by atoms with Crippen molar-refractivity contribution in [2.45, 2.75) is 25.8 Å². The van der Waals surface area contributed by atoms with Crippen LogP contribution >= 0.6 is 0 Å². The van der Waals surface area contributed by atoms with Gasteiger partial charge in [-0.3, -0.25) is 4.98 Å². The highest BCUT2D eigenvalue weighted by Crippen LogP contribution is 2.35. The van der Waals surface area contributed by atoms with Crippen LogP contribution in [0.25, 0.3) is 11.4 Å². The van der Waals surface area contributed by atoms with Gasteiger partial charge in [0.1, 0.15) is 5.75 Å². The summed E-state index contributed by atoms with van der Waals surface area (Å²) < 4.78 is 10.8. The number of hydrogen-bond donors (Lipinski definition) is 0. The molecule has 0 amide bonds. The molecular formula is C19H20N4O2. The van der Waals surface area contributed by atoms with E-state index in [-0.39, 0.29) is 6.04 Å². The smallest absolute Gasteiger partial charge is 0.324 e. The first-order chi connectivity index (χ1) is 12.2. The molecule has 1 aromatic carbocycles. The van der Waals surface area contributed by atoms with Crippen molar-refractivity contribution < 1.29 is 9.26 Å². The van der Waals surface area contributed by atoms with Gasteiger partial charge >= 0.3 is 6.01 Å². The zero-order valence-corrected chi connectivity index (χ0v) is 14.3. The van der Waals surface area contributed by atoms with E-state index in [4.69, 9.17) is 9.26 Å². The minimum Gasteiger partial charge on any atom is -0.497 e. The molecule has 6 nitrogen and oxygen atoms in total. The molecule has 4 rings (SSSR count). The Bertz CT molecular complexity index is 877. The van der Waals surface area contributed by atoms with E-state index in [9.17, 15) is 0 Å². The van der Waals surface area contributed by atoms with Gasteiger partial charge in [-0.05, 0) is 44.0 Å². The quantitative estimate of drug-likeness (QED) is 0.722. The number of aryl methyl sites for hydroxylation is 1. The van der Waals surface area contributed by atoms with Gasteiger partial charge in [0, 0.05) is 17.8 Å². The molecule has 1 aliphatic rings. The fourth-order valence-corrected chi connectivity index (χ4v) is 3.26. The van der Waals surface area contributed by atoms with E-state index >= 15 is 0 Å². The molecule has 3 heterocycles. The average molecular weight is 336 g/mol. The second kappa shape index (κ2) is 6.55. The van der Waals surface area contributed by atoms with Gasteiger partial charge in [0.05, 0.1) is 18.8 Å². The van der Waals surface area contributed by atoms with Gasteiger partial charge in [-0.25, -0.2) is 0 Å². The van der Waals surface area contributed by atoms with Crippen molar-refractivity contribution in [1.29, 1.82) is 0 Å². The molecule has 128 valence electrons. The first kappa shape index (κ1) is 15.6. The highest BCUT2D eigenvalue weighted by molar-refractivity contribution is 5.58. The van der Waals surface area contributed by atoms with Crippen molar-refractivity contribution in [3.63, 3.8) is 0 Å². The Kier molecular flexibility index (Phi) is 4.09. The van der Waals surface area contributed by atoms with Crippen LogP contribution in [0, 0.1) is 6.92 Å². The fourth-order valence-electron chi connectivity index (χ4n) is 3.26. The monoisotopic (exact) mass is 336 g/mol. The summed E-state index contributed by atoms with van der Waals surface area (Å²) in [7, 11) is 1.64. The summed E-state index contributed by atoms with van der Waals surface area (Å²) in [6.07, 6.45) is 2.12. The second-order valence-corrected chi connectivity index (χ2v) is 6.19. The zero-order valence-electron chi connectivity index (χ0n) is 14.3. The van der Waals surface area contributed by atoms with Gasteiger partial charge in [-0.2, -0.15) is 4.98 Å². The minimum absolute atomic E-state index is 0.179. The van der Waals surface area contributed by atoms with Gasteiger partial charge in [0.15, 0.2) is 0 Å². The van der Waals surface area contributed by atoms with Crippen LogP contribution in [-0.2, 0) is 0 Å². The molecule has 1 aliphatic heterocycles. The molecule has 6 heteroatoms. The largest absolute Gasteiger partial charge is 0.497 e. The number of pyridine rings is 1. The molecule has 25 heavy (non-hydrogen) atoms. The van der Waals surface area contributed by atoms with Crippen LogP contribution in [0.15, 0.2) is 47.0 Å². The van der Waals surface area contributed by atoms with E-state index in [1.807, 2.05) is 43.3 Å². The van der Waals surface area contributed by atoms with Gasteiger partial charge in [0.25, 0.3) is 0 Å². The molecule has 0 N–H and O–H groups in total. The number of rotatable bonds is 4. The first-order valence-electron chi connectivity index (χ1n) is 8.43. The Hall–Kier alpha value is -2.89. The van der Waals surface area contributed by atoms with Gasteiger partial charge < -0.3 is 14.2 Å². The summed E-state index contributed by atoms with van der Waals surface area (Å²) in [4.78, 5) is 11.4. The molecule has 3 aromatic rings. The first-order valence-corrected chi connectivity index (χ1v) is 8.43. The van der Waals surface area contributed by atoms with Crippen molar-refractivity contribution in [1.82, 2.24) is 15.1 Å². The molecule has 0 spiro atoms. The number of benzene rings is 1. The SMILES string of the molecule is COc1cccc(-c2noc(N3CCC[C@@H]3c3cccc(C)n3)n2)c1. The van der Waals surface area contributed by atoms with E-state index in [1.54, 1.807) is 7.11 Å². The minimum atomic E-state index is 0.179. The topological polar surface area (TPSA) is 64.3 Å². The van der Waals surface area contributed by atoms with Crippen LogP contribution in [-0.4, -0.2) is 28.8 Å². The lowest BCUT2D eigenvalue weighted by Crippen LogP contribution is -2.23. The van der Waals surface area contributed by atoms with Crippen molar-refractivity contribution in [3.8, 4) is 17.1 Å². The van der Waals surface area contributed by atoms with E-state index in [2.05, 4.69) is 26.1 Å². The third kappa shape index (κ3) is 3.07. The second-order valence-electron chi connectivity index (χ2n) is 6.19. The Morgan fingerprint density at radius 3 is 2.88 bits per heavy atom. The van der Waals surface area contributed by atoms with Crippen LogP contribution in [0.1, 0.15) is 30.3 Å². The average Bonchev–Trinajstić information content (AvgIpc) is 3.31. The summed E-state index contributed by atoms with van der Waals surface area (Å²) >= 11 is 0. The molecule has 0 aliphatic carbocycles. The Balaban J connectivity index is 1.62. The Labute approximate surface area is 146 Å². The maximum Gasteiger partial charge on any atom is 0.324 e. The summed E-state index contributed by atoms with van der Waals surface area (Å²) in [5.41, 5.74) is 2.95. The lowest BCUT2D eigenvalue weighted by Gasteiger charge is -2.21. The normalized spacial score (nSPS) is 17.0. The number of methoxy groups -OCH3 is 1. The summed E-state index contributed by atoms with van der Waals surface area (Å²) in [6.45, 7) is 2.90. The lowest BCUT2D eigenvalue weighted by molar-refractivity contribution is 0.410. The number of hydrogen-bond acceptors (Lipinski definition) is 6. The van der Waals surface area contributed by atoms with E-state index in [1.165, 1.54) is 0 Å². The van der Waals surface area contributed by atoms with E-state index < -0.39 is 0 Å². The predicted molar refractivity (Wildman–Crippen MR) is 94.6 cm³/mol. The van der Waals surface area contributed by atoms with Gasteiger partial charge in [0.2, 0.25) is 5.82 Å². The zero-order chi connectivity index (χ0) is 17.2. The molecule has 0 radical (unpaired) electrons. The van der Waals surface area contributed by atoms with Gasteiger partial charge in [-0.1, -0.05) is 23.4 Å². The maximum absolute atomic E-state index is 5.55. The lowest BCUT2D eigenvalue weighted by atomic mass is 10.1. The summed E-state index contributed by atoms with van der Waals surface area (Å²) in [5.74, 6) is 1.34. The highest BCUT2D eigenvalue weighted by Gasteiger charge is 2.31. The molecule has 0 saturated carbocycles. The number of ether oxygens (including phenoxy) is 1. The van der Waals surface area contributed by atoms with E-state index in [0.717, 1.165) is 42.1 Å². The number of nitrogens with zero attached hydrogens (tertiary/aromatic N) is 4. The Morgan fingerprint density at radius 2 is 2.04 bits per heavy atom. The standard InChI is InChI=1S/C19H20N4O2/c1-13-6-3-9-16(20-13)17-10-5-11-23(17)19-21-18(22-25-19)14-7-4-8-15(12-14)24-2/h3-4,6-9,12,17H,5,10-11H2,1-2H3/t17-/m1/s1. The Morgan fingerprint density at radius 1 is 1.16 bits per heavy atom. The summed E-state index contributed by atoms with van der Waals surface area (Å²) in [6, 6.07) is 14.5. The van der Waals surface area contributed by atoms with Crippen LogP contribution < -0.4 is 9.64 Å². The van der Waals surface area contributed by atoms with Crippen molar-refractivity contribution >= 4 is 6.01 Å². The van der Waals surface area contributed by atoms with Crippen molar-refractivity contribution in [3.05, 3.63) is 53.9 Å². The molecule has 0 unspecified atom stereocenters. The number of aromatic nitrogens is 3. The highest BCUT2D eigenvalue weighted by atomic mass is 16.5. The molecule has 1 fully saturated rings. The predicted octanol–water partition coefficient (Wildman–Crippen LogP) is 3.79. The fraction of sp³-hybridized carbons (Fsp3) is 0.316. The van der Waals surface area contributed by atoms with Crippen LogP contribution in [0.3, 0.4) is 0 Å². The summed E-state index contributed by atoms with van der Waals surface area (Å²) in [5, 5.41) is 4.15. The maximum atomic E-state index is 5.55. The third-order valence-electron chi connectivity index (χ3n) is 4.49. The molecule has 1 saturated heterocycles. The molecule has 0 bridgehead atoms. The molecule has 2 aromatic heterocycles. The van der Waals surface area contributed by atoms with Crippen molar-refractivity contribution in [2.75, 3.05) is 18.6 Å². The van der Waals surface area contributed by atoms with Crippen LogP contribution in [0.4, 0.5) is 6.01 Å².